The summed E-state index contributed by atoms with van der Waals surface area (Å²) in [5.74, 6) is 1.26. The topological polar surface area (TPSA) is 51.5 Å². The summed E-state index contributed by atoms with van der Waals surface area (Å²) >= 11 is 0. The fourth-order valence-corrected chi connectivity index (χ4v) is 2.41. The third-order valence-electron chi connectivity index (χ3n) is 3.83. The first kappa shape index (κ1) is 13.1. The van der Waals surface area contributed by atoms with Crippen molar-refractivity contribution in [3.63, 3.8) is 0 Å². The summed E-state index contributed by atoms with van der Waals surface area (Å²) in [5.41, 5.74) is -0.351. The smallest absolute Gasteiger partial charge is 0.226 e. The summed E-state index contributed by atoms with van der Waals surface area (Å²) in [7, 11) is 0. The second kappa shape index (κ2) is 5.57. The molecule has 2 rings (SSSR count). The first-order valence-corrected chi connectivity index (χ1v) is 6.49. The number of nitrogens with one attached hydrogen (secondary N) is 1. The van der Waals surface area contributed by atoms with Crippen molar-refractivity contribution in [2.75, 3.05) is 13.2 Å². The predicted octanol–water partition coefficient (Wildman–Crippen LogP) is 2.35. The van der Waals surface area contributed by atoms with Crippen LogP contribution in [0.5, 0.6) is 0 Å². The highest BCUT2D eigenvalue weighted by Gasteiger charge is 2.37. The zero-order valence-corrected chi connectivity index (χ0v) is 11.1. The minimum Gasteiger partial charge on any atom is -0.467 e. The number of carbonyl (C=O) groups is 1. The fraction of sp³-hybridized carbons (Fsp3) is 0.643. The number of carbonyl (C=O) groups excluding carboxylic acids is 1. The van der Waals surface area contributed by atoms with E-state index in [9.17, 15) is 4.79 Å². The summed E-state index contributed by atoms with van der Waals surface area (Å²) in [4.78, 5) is 12.3. The minimum absolute atomic E-state index is 0.0887. The van der Waals surface area contributed by atoms with Crippen molar-refractivity contribution in [1.82, 2.24) is 5.32 Å². The molecule has 100 valence electrons. The van der Waals surface area contributed by atoms with Crippen molar-refractivity contribution < 1.29 is 13.9 Å². The quantitative estimate of drug-likeness (QED) is 0.893. The molecule has 1 aliphatic heterocycles. The van der Waals surface area contributed by atoms with Crippen molar-refractivity contribution in [2.45, 2.75) is 33.2 Å². The number of ether oxygens (including phenoxy) is 1. The van der Waals surface area contributed by atoms with Gasteiger partial charge < -0.3 is 14.5 Å². The molecule has 1 aliphatic rings. The molecule has 1 fully saturated rings. The molecule has 4 heteroatoms. The first-order chi connectivity index (χ1) is 8.60. The van der Waals surface area contributed by atoms with Crippen LogP contribution in [0, 0.1) is 11.3 Å². The lowest BCUT2D eigenvalue weighted by Gasteiger charge is -2.35. The minimum atomic E-state index is -0.351. The van der Waals surface area contributed by atoms with Crippen LogP contribution in [0.1, 0.15) is 32.4 Å². The van der Waals surface area contributed by atoms with E-state index < -0.39 is 0 Å². The van der Waals surface area contributed by atoms with Gasteiger partial charge in [0.2, 0.25) is 5.91 Å². The molecule has 0 atom stereocenters. The van der Waals surface area contributed by atoms with Crippen LogP contribution < -0.4 is 5.32 Å². The van der Waals surface area contributed by atoms with Crippen LogP contribution in [-0.4, -0.2) is 19.1 Å². The van der Waals surface area contributed by atoms with E-state index in [0.29, 0.717) is 12.5 Å². The van der Waals surface area contributed by atoms with Gasteiger partial charge in [-0.1, -0.05) is 13.8 Å². The Labute approximate surface area is 108 Å². The first-order valence-electron chi connectivity index (χ1n) is 6.49. The van der Waals surface area contributed by atoms with Crippen LogP contribution in [-0.2, 0) is 16.1 Å². The molecule has 0 unspecified atom stereocenters. The monoisotopic (exact) mass is 251 g/mol. The van der Waals surface area contributed by atoms with Crippen molar-refractivity contribution in [3.05, 3.63) is 24.2 Å². The Morgan fingerprint density at radius 1 is 1.44 bits per heavy atom. The zero-order chi connectivity index (χ0) is 13.0. The van der Waals surface area contributed by atoms with Crippen molar-refractivity contribution in [1.29, 1.82) is 0 Å². The summed E-state index contributed by atoms with van der Waals surface area (Å²) < 4.78 is 10.6. The Morgan fingerprint density at radius 2 is 2.17 bits per heavy atom. The van der Waals surface area contributed by atoms with Crippen molar-refractivity contribution >= 4 is 5.91 Å². The summed E-state index contributed by atoms with van der Waals surface area (Å²) in [6.07, 6.45) is 3.54. The average Bonchev–Trinajstić information content (AvgIpc) is 2.90. The Balaban J connectivity index is 1.89. The fourth-order valence-electron chi connectivity index (χ4n) is 2.41. The van der Waals surface area contributed by atoms with Gasteiger partial charge in [-0.25, -0.2) is 0 Å². The van der Waals surface area contributed by atoms with Crippen LogP contribution >= 0.6 is 0 Å². The molecular formula is C14H21NO3. The maximum Gasteiger partial charge on any atom is 0.226 e. The number of rotatable bonds is 4. The second-order valence-corrected chi connectivity index (χ2v) is 5.37. The second-order valence-electron chi connectivity index (χ2n) is 5.37. The molecule has 1 amide bonds. The summed E-state index contributed by atoms with van der Waals surface area (Å²) in [6, 6.07) is 3.69. The van der Waals surface area contributed by atoms with Gasteiger partial charge in [-0.3, -0.25) is 4.79 Å². The molecule has 0 aromatic carbocycles. The van der Waals surface area contributed by atoms with Crippen LogP contribution in [0.4, 0.5) is 0 Å². The number of hydrogen-bond donors (Lipinski definition) is 1. The predicted molar refractivity (Wildman–Crippen MR) is 67.9 cm³/mol. The highest BCUT2D eigenvalue weighted by atomic mass is 16.5. The van der Waals surface area contributed by atoms with Gasteiger partial charge in [0, 0.05) is 18.6 Å². The zero-order valence-electron chi connectivity index (χ0n) is 11.1. The largest absolute Gasteiger partial charge is 0.467 e. The number of amides is 1. The van der Waals surface area contributed by atoms with E-state index in [0.717, 1.165) is 31.8 Å². The highest BCUT2D eigenvalue weighted by Crippen LogP contribution is 2.34. The van der Waals surface area contributed by atoms with Gasteiger partial charge in [0.15, 0.2) is 0 Å². The van der Waals surface area contributed by atoms with Gasteiger partial charge in [-0.05, 0) is 30.9 Å². The molecule has 1 N–H and O–H groups in total. The van der Waals surface area contributed by atoms with Crippen LogP contribution in [0.2, 0.25) is 0 Å². The maximum atomic E-state index is 12.3. The number of furan rings is 1. The van der Waals surface area contributed by atoms with Gasteiger partial charge in [0.25, 0.3) is 0 Å². The van der Waals surface area contributed by atoms with Crippen molar-refractivity contribution in [2.24, 2.45) is 11.3 Å². The van der Waals surface area contributed by atoms with E-state index in [4.69, 9.17) is 9.15 Å². The summed E-state index contributed by atoms with van der Waals surface area (Å²) in [6.45, 7) is 6.01. The molecule has 1 aromatic rings. The van der Waals surface area contributed by atoms with Crippen LogP contribution in [0.15, 0.2) is 22.8 Å². The van der Waals surface area contributed by atoms with Crippen LogP contribution in [0.3, 0.4) is 0 Å². The van der Waals surface area contributed by atoms with E-state index in [1.807, 2.05) is 26.0 Å². The lowest BCUT2D eigenvalue weighted by Crippen LogP contribution is -2.43. The standard InChI is InChI=1S/C14H21NO3/c1-14(2,11-5-8-17-9-6-11)13(16)15-10-12-4-3-7-18-12/h3-4,7,11H,5-6,8-10H2,1-2H3,(H,15,16). The highest BCUT2D eigenvalue weighted by molar-refractivity contribution is 5.82. The third-order valence-corrected chi connectivity index (χ3v) is 3.83. The maximum absolute atomic E-state index is 12.3. The molecule has 1 saturated heterocycles. The third kappa shape index (κ3) is 2.93. The molecule has 0 saturated carbocycles. The molecule has 0 bridgehead atoms. The molecule has 0 spiro atoms. The molecule has 0 radical (unpaired) electrons. The van der Waals surface area contributed by atoms with Crippen molar-refractivity contribution in [3.8, 4) is 0 Å². The van der Waals surface area contributed by atoms with E-state index in [1.165, 1.54) is 0 Å². The Kier molecular flexibility index (Phi) is 4.07. The SMILES string of the molecule is CC(C)(C(=O)NCc1ccco1)C1CCOCC1. The molecule has 18 heavy (non-hydrogen) atoms. The van der Waals surface area contributed by atoms with Gasteiger partial charge in [-0.15, -0.1) is 0 Å². The van der Waals surface area contributed by atoms with Gasteiger partial charge in [0.05, 0.1) is 12.8 Å². The van der Waals surface area contributed by atoms with E-state index in [-0.39, 0.29) is 11.3 Å². The lowest BCUT2D eigenvalue weighted by atomic mass is 9.74. The molecule has 1 aromatic heterocycles. The van der Waals surface area contributed by atoms with E-state index in [1.54, 1.807) is 6.26 Å². The van der Waals surface area contributed by atoms with Gasteiger partial charge in [0.1, 0.15) is 5.76 Å². The lowest BCUT2D eigenvalue weighted by molar-refractivity contribution is -0.134. The van der Waals surface area contributed by atoms with E-state index in [2.05, 4.69) is 5.32 Å². The average molecular weight is 251 g/mol. The molecule has 0 aliphatic carbocycles. The van der Waals surface area contributed by atoms with E-state index >= 15 is 0 Å². The van der Waals surface area contributed by atoms with Crippen LogP contribution in [0.25, 0.3) is 0 Å². The van der Waals surface area contributed by atoms with Gasteiger partial charge >= 0.3 is 0 Å². The normalized spacial score (nSPS) is 17.7. The molecule has 2 heterocycles. The molecular weight excluding hydrogens is 230 g/mol. The molecule has 4 nitrogen and oxygen atoms in total. The Bertz CT molecular complexity index is 378. The Morgan fingerprint density at radius 3 is 2.78 bits per heavy atom. The van der Waals surface area contributed by atoms with Gasteiger partial charge in [-0.2, -0.15) is 0 Å². The summed E-state index contributed by atoms with van der Waals surface area (Å²) in [5, 5.41) is 2.95. The Hall–Kier alpha value is -1.29. The number of hydrogen-bond acceptors (Lipinski definition) is 3.